The molecule has 1 N–H and O–H groups in total. The van der Waals surface area contributed by atoms with E-state index in [0.717, 1.165) is 53.9 Å². The Morgan fingerprint density at radius 2 is 1.90 bits per heavy atom. The number of piperidine rings is 1. The van der Waals surface area contributed by atoms with Crippen molar-refractivity contribution in [2.75, 3.05) is 26.8 Å². The summed E-state index contributed by atoms with van der Waals surface area (Å²) >= 11 is 3.71. The van der Waals surface area contributed by atoms with Gasteiger partial charge in [0, 0.05) is 10.0 Å². The largest absolute Gasteiger partial charge is 0.493 e. The Bertz CT molecular complexity index is 482. The van der Waals surface area contributed by atoms with Gasteiger partial charge in [0.15, 0.2) is 11.5 Å². The van der Waals surface area contributed by atoms with Crippen LogP contribution in [-0.4, -0.2) is 26.8 Å². The van der Waals surface area contributed by atoms with Crippen LogP contribution in [0, 0.1) is 11.8 Å². The Hall–Kier alpha value is -0.740. The summed E-state index contributed by atoms with van der Waals surface area (Å²) < 4.78 is 12.8. The highest BCUT2D eigenvalue weighted by Crippen LogP contribution is 2.40. The van der Waals surface area contributed by atoms with Gasteiger partial charge >= 0.3 is 0 Å². The SMILES string of the molecule is COc1ccc(Br)c(CC2CCNCC2)c1OCC1CC1. The fraction of sp³-hybridized carbons (Fsp3) is 0.647. The molecule has 2 aliphatic rings. The summed E-state index contributed by atoms with van der Waals surface area (Å²) in [6.45, 7) is 3.08. The summed E-state index contributed by atoms with van der Waals surface area (Å²) in [4.78, 5) is 0. The van der Waals surface area contributed by atoms with Crippen LogP contribution in [0.5, 0.6) is 11.5 Å². The third-order valence-electron chi connectivity index (χ3n) is 4.50. The van der Waals surface area contributed by atoms with Crippen molar-refractivity contribution in [2.45, 2.75) is 32.1 Å². The molecule has 0 unspecified atom stereocenters. The molecule has 116 valence electrons. The van der Waals surface area contributed by atoms with E-state index < -0.39 is 0 Å². The number of ether oxygens (including phenoxy) is 2. The van der Waals surface area contributed by atoms with Crippen molar-refractivity contribution >= 4 is 15.9 Å². The molecule has 1 aliphatic heterocycles. The molecule has 1 aliphatic carbocycles. The normalized spacial score (nSPS) is 19.5. The number of hydrogen-bond acceptors (Lipinski definition) is 3. The molecule has 21 heavy (non-hydrogen) atoms. The first kappa shape index (κ1) is 15.2. The van der Waals surface area contributed by atoms with Crippen molar-refractivity contribution in [3.63, 3.8) is 0 Å². The fourth-order valence-corrected chi connectivity index (χ4v) is 3.43. The van der Waals surface area contributed by atoms with E-state index in [1.54, 1.807) is 7.11 Å². The summed E-state index contributed by atoms with van der Waals surface area (Å²) in [5, 5.41) is 3.43. The predicted molar refractivity (Wildman–Crippen MR) is 88.2 cm³/mol. The van der Waals surface area contributed by atoms with Gasteiger partial charge in [-0.3, -0.25) is 0 Å². The number of rotatable bonds is 6. The molecule has 1 aromatic carbocycles. The van der Waals surface area contributed by atoms with Crippen molar-refractivity contribution in [1.29, 1.82) is 0 Å². The van der Waals surface area contributed by atoms with Crippen molar-refractivity contribution in [2.24, 2.45) is 11.8 Å². The van der Waals surface area contributed by atoms with Crippen LogP contribution in [0.2, 0.25) is 0 Å². The summed E-state index contributed by atoms with van der Waals surface area (Å²) in [7, 11) is 1.72. The Balaban J connectivity index is 1.80. The van der Waals surface area contributed by atoms with Crippen molar-refractivity contribution in [3.8, 4) is 11.5 Å². The molecule has 1 saturated carbocycles. The number of methoxy groups -OCH3 is 1. The molecular weight excluding hydrogens is 330 g/mol. The molecule has 3 rings (SSSR count). The van der Waals surface area contributed by atoms with E-state index in [4.69, 9.17) is 9.47 Å². The molecule has 0 aromatic heterocycles. The number of benzene rings is 1. The predicted octanol–water partition coefficient (Wildman–Crippen LogP) is 3.79. The lowest BCUT2D eigenvalue weighted by Crippen LogP contribution is -2.28. The fourth-order valence-electron chi connectivity index (χ4n) is 2.95. The zero-order valence-electron chi connectivity index (χ0n) is 12.7. The van der Waals surface area contributed by atoms with E-state index >= 15 is 0 Å². The van der Waals surface area contributed by atoms with E-state index in [1.165, 1.54) is 31.2 Å². The Labute approximate surface area is 135 Å². The first-order valence-corrected chi connectivity index (χ1v) is 8.76. The van der Waals surface area contributed by atoms with Crippen LogP contribution >= 0.6 is 15.9 Å². The van der Waals surface area contributed by atoms with Crippen molar-refractivity contribution in [3.05, 3.63) is 22.2 Å². The highest BCUT2D eigenvalue weighted by atomic mass is 79.9. The zero-order chi connectivity index (χ0) is 14.7. The van der Waals surface area contributed by atoms with Gasteiger partial charge in [-0.05, 0) is 69.2 Å². The van der Waals surface area contributed by atoms with Gasteiger partial charge in [0.2, 0.25) is 0 Å². The smallest absolute Gasteiger partial charge is 0.165 e. The standard InChI is InChI=1S/C17H24BrNO2/c1-20-16-5-4-15(18)14(10-12-6-8-19-9-7-12)17(16)21-11-13-2-3-13/h4-5,12-13,19H,2-3,6-11H2,1H3. The van der Waals surface area contributed by atoms with Gasteiger partial charge in [-0.25, -0.2) is 0 Å². The average molecular weight is 354 g/mol. The minimum atomic E-state index is 0.734. The van der Waals surface area contributed by atoms with Gasteiger partial charge < -0.3 is 14.8 Å². The van der Waals surface area contributed by atoms with Crippen LogP contribution in [0.25, 0.3) is 0 Å². The van der Waals surface area contributed by atoms with Crippen molar-refractivity contribution < 1.29 is 9.47 Å². The molecular formula is C17H24BrNO2. The number of nitrogens with one attached hydrogen (secondary N) is 1. The Kier molecular flexibility index (Phi) is 5.07. The van der Waals surface area contributed by atoms with Crippen LogP contribution in [0.4, 0.5) is 0 Å². The molecule has 0 amide bonds. The lowest BCUT2D eigenvalue weighted by Gasteiger charge is -2.25. The van der Waals surface area contributed by atoms with Gasteiger partial charge in [0.05, 0.1) is 13.7 Å². The maximum absolute atomic E-state index is 6.13. The summed E-state index contributed by atoms with van der Waals surface area (Å²) in [6.07, 6.45) is 6.16. The van der Waals surface area contributed by atoms with E-state index in [9.17, 15) is 0 Å². The second kappa shape index (κ2) is 7.01. The second-order valence-corrected chi connectivity index (χ2v) is 7.06. The third kappa shape index (κ3) is 3.92. The summed E-state index contributed by atoms with van der Waals surface area (Å²) in [5.41, 5.74) is 1.28. The molecule has 1 aromatic rings. The van der Waals surface area contributed by atoms with E-state index in [2.05, 4.69) is 27.3 Å². The monoisotopic (exact) mass is 353 g/mol. The van der Waals surface area contributed by atoms with Crippen LogP contribution < -0.4 is 14.8 Å². The maximum Gasteiger partial charge on any atom is 0.165 e. The van der Waals surface area contributed by atoms with Gasteiger partial charge in [0.1, 0.15) is 0 Å². The zero-order valence-corrected chi connectivity index (χ0v) is 14.2. The van der Waals surface area contributed by atoms with E-state index in [0.29, 0.717) is 0 Å². The molecule has 0 radical (unpaired) electrons. The van der Waals surface area contributed by atoms with Gasteiger partial charge in [-0.2, -0.15) is 0 Å². The average Bonchev–Trinajstić information content (AvgIpc) is 3.33. The molecule has 2 fully saturated rings. The summed E-state index contributed by atoms with van der Waals surface area (Å²) in [6, 6.07) is 4.08. The van der Waals surface area contributed by atoms with Crippen LogP contribution in [0.3, 0.4) is 0 Å². The van der Waals surface area contributed by atoms with Gasteiger partial charge in [-0.1, -0.05) is 15.9 Å². The topological polar surface area (TPSA) is 30.5 Å². The van der Waals surface area contributed by atoms with Crippen LogP contribution in [-0.2, 0) is 6.42 Å². The Morgan fingerprint density at radius 1 is 1.14 bits per heavy atom. The van der Waals surface area contributed by atoms with Crippen LogP contribution in [0.15, 0.2) is 16.6 Å². The van der Waals surface area contributed by atoms with Crippen LogP contribution in [0.1, 0.15) is 31.2 Å². The lowest BCUT2D eigenvalue weighted by molar-refractivity contribution is 0.273. The third-order valence-corrected chi connectivity index (χ3v) is 5.24. The number of halogens is 1. The first-order chi connectivity index (χ1) is 10.3. The highest BCUT2D eigenvalue weighted by molar-refractivity contribution is 9.10. The van der Waals surface area contributed by atoms with E-state index in [1.807, 2.05) is 6.07 Å². The minimum absolute atomic E-state index is 0.734. The molecule has 0 bridgehead atoms. The van der Waals surface area contributed by atoms with Crippen molar-refractivity contribution in [1.82, 2.24) is 5.32 Å². The number of hydrogen-bond donors (Lipinski definition) is 1. The molecule has 1 heterocycles. The van der Waals surface area contributed by atoms with Gasteiger partial charge in [-0.15, -0.1) is 0 Å². The summed E-state index contributed by atoms with van der Waals surface area (Å²) in [5.74, 6) is 3.30. The maximum atomic E-state index is 6.13. The quantitative estimate of drug-likeness (QED) is 0.843. The van der Waals surface area contributed by atoms with Gasteiger partial charge in [0.25, 0.3) is 0 Å². The Morgan fingerprint density at radius 3 is 2.57 bits per heavy atom. The lowest BCUT2D eigenvalue weighted by atomic mass is 9.90. The molecule has 0 atom stereocenters. The molecule has 0 spiro atoms. The first-order valence-electron chi connectivity index (χ1n) is 7.96. The molecule has 1 saturated heterocycles. The van der Waals surface area contributed by atoms with E-state index in [-0.39, 0.29) is 0 Å². The molecule has 3 nitrogen and oxygen atoms in total. The molecule has 4 heteroatoms. The second-order valence-electron chi connectivity index (χ2n) is 6.21. The highest BCUT2D eigenvalue weighted by Gasteiger charge is 2.25. The minimum Gasteiger partial charge on any atom is -0.493 e.